The molecule has 1 amide bonds. The van der Waals surface area contributed by atoms with Gasteiger partial charge in [-0.1, -0.05) is 0 Å². The Labute approximate surface area is 82.5 Å². The van der Waals surface area contributed by atoms with Gasteiger partial charge in [-0.25, -0.2) is 4.98 Å². The highest BCUT2D eigenvalue weighted by atomic mass is 16.5. The van der Waals surface area contributed by atoms with Crippen LogP contribution in [0.5, 0.6) is 5.88 Å². The molecule has 0 aliphatic carbocycles. The van der Waals surface area contributed by atoms with E-state index in [9.17, 15) is 4.79 Å². The fraction of sp³-hybridized carbons (Fsp3) is 0.400. The van der Waals surface area contributed by atoms with Gasteiger partial charge in [-0.05, 0) is 19.1 Å². The van der Waals surface area contributed by atoms with E-state index in [1.165, 1.54) is 0 Å². The molecule has 2 heterocycles. The normalized spacial score (nSPS) is 15.9. The first-order chi connectivity index (χ1) is 6.68. The van der Waals surface area contributed by atoms with E-state index in [2.05, 4.69) is 4.98 Å². The quantitative estimate of drug-likeness (QED) is 0.612. The molecule has 0 radical (unpaired) electrons. The minimum Gasteiger partial charge on any atom is -0.475 e. The first-order valence-corrected chi connectivity index (χ1v) is 4.54. The van der Waals surface area contributed by atoms with Gasteiger partial charge in [0.25, 0.3) is 5.91 Å². The minimum absolute atomic E-state index is 0.0231. The van der Waals surface area contributed by atoms with Crippen LogP contribution in [0.15, 0.2) is 12.1 Å². The molecule has 2 rings (SSSR count). The third kappa shape index (κ3) is 1.43. The highest BCUT2D eigenvalue weighted by molar-refractivity contribution is 5.96. The number of pyridine rings is 1. The van der Waals surface area contributed by atoms with Crippen molar-refractivity contribution >= 4 is 5.91 Å². The van der Waals surface area contributed by atoms with Crippen molar-refractivity contribution in [3.05, 3.63) is 23.4 Å². The molecule has 0 N–H and O–H groups in total. The maximum Gasteiger partial charge on any atom is 0.259 e. The molecule has 0 unspecified atom stereocenters. The average Bonchev–Trinajstić information content (AvgIpc) is 2.28. The largest absolute Gasteiger partial charge is 0.475 e. The van der Waals surface area contributed by atoms with E-state index in [-0.39, 0.29) is 5.91 Å². The van der Waals surface area contributed by atoms with Gasteiger partial charge in [-0.3, -0.25) is 4.79 Å². The Hall–Kier alpha value is -1.58. The van der Waals surface area contributed by atoms with Crippen LogP contribution in [0, 0.1) is 6.92 Å². The van der Waals surface area contributed by atoms with E-state index in [1.807, 2.05) is 13.0 Å². The van der Waals surface area contributed by atoms with Gasteiger partial charge in [0, 0.05) is 12.7 Å². The molecule has 0 saturated carbocycles. The highest BCUT2D eigenvalue weighted by Gasteiger charge is 2.21. The van der Waals surface area contributed by atoms with Gasteiger partial charge in [-0.2, -0.15) is 0 Å². The molecule has 1 aliphatic heterocycles. The molecular formula is C10H12N2O2. The Morgan fingerprint density at radius 2 is 2.29 bits per heavy atom. The fourth-order valence-electron chi connectivity index (χ4n) is 1.39. The van der Waals surface area contributed by atoms with Crippen LogP contribution in [0.25, 0.3) is 0 Å². The number of rotatable bonds is 0. The third-order valence-corrected chi connectivity index (χ3v) is 2.24. The summed E-state index contributed by atoms with van der Waals surface area (Å²) in [5.74, 6) is 0.435. The lowest BCUT2D eigenvalue weighted by Crippen LogP contribution is -2.27. The zero-order valence-corrected chi connectivity index (χ0v) is 8.28. The van der Waals surface area contributed by atoms with Crippen LogP contribution in [-0.2, 0) is 0 Å². The number of carbonyl (C=O) groups excluding carboxylic acids is 1. The van der Waals surface area contributed by atoms with Crippen molar-refractivity contribution < 1.29 is 9.53 Å². The Bertz CT molecular complexity index is 376. The Balaban J connectivity index is 2.48. The number of ether oxygens (including phenoxy) is 1. The zero-order chi connectivity index (χ0) is 10.1. The van der Waals surface area contributed by atoms with Crippen LogP contribution in [0.4, 0.5) is 0 Å². The number of aromatic nitrogens is 1. The van der Waals surface area contributed by atoms with Crippen molar-refractivity contribution in [2.24, 2.45) is 0 Å². The number of nitrogens with zero attached hydrogens (tertiary/aromatic N) is 2. The topological polar surface area (TPSA) is 42.4 Å². The predicted octanol–water partition coefficient (Wildman–Crippen LogP) is 0.854. The van der Waals surface area contributed by atoms with Crippen molar-refractivity contribution in [2.75, 3.05) is 20.2 Å². The first kappa shape index (κ1) is 8.99. The van der Waals surface area contributed by atoms with Gasteiger partial charge in [-0.15, -0.1) is 0 Å². The molecule has 0 aromatic carbocycles. The summed E-state index contributed by atoms with van der Waals surface area (Å²) in [5, 5.41) is 0. The standard InChI is InChI=1S/C10H12N2O2/c1-7-3-4-8-9(11-7)14-6-5-12(2)10(8)13/h3-4H,5-6H2,1-2H3. The number of likely N-dealkylation sites (N-methyl/N-ethyl adjacent to an activating group) is 1. The van der Waals surface area contributed by atoms with Gasteiger partial charge in [0.05, 0.1) is 6.54 Å². The molecular weight excluding hydrogens is 180 g/mol. The molecule has 0 fully saturated rings. The number of fused-ring (bicyclic) bond motifs is 1. The SMILES string of the molecule is Cc1ccc2c(n1)OCCN(C)C2=O. The second kappa shape index (κ2) is 3.29. The van der Waals surface area contributed by atoms with Crippen LogP contribution in [0.2, 0.25) is 0 Å². The zero-order valence-electron chi connectivity index (χ0n) is 8.28. The van der Waals surface area contributed by atoms with Crippen LogP contribution in [0.1, 0.15) is 16.1 Å². The van der Waals surface area contributed by atoms with E-state index < -0.39 is 0 Å². The van der Waals surface area contributed by atoms with E-state index in [1.54, 1.807) is 18.0 Å². The van der Waals surface area contributed by atoms with E-state index in [0.29, 0.717) is 24.6 Å². The maximum atomic E-state index is 11.8. The van der Waals surface area contributed by atoms with Crippen molar-refractivity contribution in [3.8, 4) is 5.88 Å². The third-order valence-electron chi connectivity index (χ3n) is 2.24. The maximum absolute atomic E-state index is 11.8. The van der Waals surface area contributed by atoms with Crippen LogP contribution in [-0.4, -0.2) is 36.0 Å². The van der Waals surface area contributed by atoms with Gasteiger partial charge >= 0.3 is 0 Å². The second-order valence-corrected chi connectivity index (χ2v) is 3.38. The Kier molecular flexibility index (Phi) is 2.11. The lowest BCUT2D eigenvalue weighted by molar-refractivity contribution is 0.0797. The summed E-state index contributed by atoms with van der Waals surface area (Å²) in [6.45, 7) is 2.99. The molecule has 1 aromatic heterocycles. The van der Waals surface area contributed by atoms with Crippen LogP contribution in [0.3, 0.4) is 0 Å². The summed E-state index contributed by atoms with van der Waals surface area (Å²) in [7, 11) is 1.76. The molecule has 1 aromatic rings. The summed E-state index contributed by atoms with van der Waals surface area (Å²) in [6, 6.07) is 3.58. The molecule has 14 heavy (non-hydrogen) atoms. The molecule has 0 bridgehead atoms. The van der Waals surface area contributed by atoms with Gasteiger partial charge < -0.3 is 9.64 Å². The van der Waals surface area contributed by atoms with Crippen LogP contribution >= 0.6 is 0 Å². The summed E-state index contributed by atoms with van der Waals surface area (Å²) >= 11 is 0. The van der Waals surface area contributed by atoms with Crippen molar-refractivity contribution in [3.63, 3.8) is 0 Å². The molecule has 74 valence electrons. The number of carbonyl (C=O) groups is 1. The van der Waals surface area contributed by atoms with Crippen molar-refractivity contribution in [2.45, 2.75) is 6.92 Å². The van der Waals surface area contributed by atoms with Crippen LogP contribution < -0.4 is 4.74 Å². The molecule has 0 spiro atoms. The Morgan fingerprint density at radius 1 is 1.50 bits per heavy atom. The summed E-state index contributed by atoms with van der Waals surface area (Å²) in [6.07, 6.45) is 0. The van der Waals surface area contributed by atoms with Crippen molar-refractivity contribution in [1.29, 1.82) is 0 Å². The number of hydrogen-bond acceptors (Lipinski definition) is 3. The fourth-order valence-corrected chi connectivity index (χ4v) is 1.39. The number of amides is 1. The summed E-state index contributed by atoms with van der Waals surface area (Å²) in [5.41, 5.74) is 1.41. The van der Waals surface area contributed by atoms with Gasteiger partial charge in [0.2, 0.25) is 5.88 Å². The second-order valence-electron chi connectivity index (χ2n) is 3.38. The van der Waals surface area contributed by atoms with E-state index >= 15 is 0 Å². The number of aryl methyl sites for hydroxylation is 1. The molecule has 4 heteroatoms. The van der Waals surface area contributed by atoms with E-state index in [4.69, 9.17) is 4.74 Å². The lowest BCUT2D eigenvalue weighted by atomic mass is 10.2. The monoisotopic (exact) mass is 192 g/mol. The summed E-state index contributed by atoms with van der Waals surface area (Å²) in [4.78, 5) is 17.6. The smallest absolute Gasteiger partial charge is 0.259 e. The van der Waals surface area contributed by atoms with Gasteiger partial charge in [0.15, 0.2) is 0 Å². The summed E-state index contributed by atoms with van der Waals surface area (Å²) < 4.78 is 5.40. The lowest BCUT2D eigenvalue weighted by Gasteiger charge is -2.11. The molecule has 0 atom stereocenters. The van der Waals surface area contributed by atoms with Gasteiger partial charge in [0.1, 0.15) is 12.2 Å². The molecule has 4 nitrogen and oxygen atoms in total. The molecule has 0 saturated heterocycles. The van der Waals surface area contributed by atoms with Crippen molar-refractivity contribution in [1.82, 2.24) is 9.88 Å². The highest BCUT2D eigenvalue weighted by Crippen LogP contribution is 2.20. The predicted molar refractivity (Wildman–Crippen MR) is 51.4 cm³/mol. The van der Waals surface area contributed by atoms with E-state index in [0.717, 1.165) is 5.69 Å². The number of hydrogen-bond donors (Lipinski definition) is 0. The average molecular weight is 192 g/mol. The Morgan fingerprint density at radius 3 is 3.07 bits per heavy atom. The first-order valence-electron chi connectivity index (χ1n) is 4.54. The minimum atomic E-state index is -0.0231. The molecule has 1 aliphatic rings.